The maximum atomic E-state index is 12.8. The van der Waals surface area contributed by atoms with Crippen LogP contribution in [0.1, 0.15) is 44.2 Å². The van der Waals surface area contributed by atoms with Crippen LogP contribution in [0.15, 0.2) is 30.3 Å². The maximum absolute atomic E-state index is 12.8. The number of hydrogen-bond donors (Lipinski definition) is 1. The third-order valence-corrected chi connectivity index (χ3v) is 5.22. The first-order valence-corrected chi connectivity index (χ1v) is 8.53. The van der Waals surface area contributed by atoms with E-state index in [-0.39, 0.29) is 36.8 Å². The summed E-state index contributed by atoms with van der Waals surface area (Å²) in [6.07, 6.45) is 3.84. The lowest BCUT2D eigenvalue weighted by Gasteiger charge is -2.30. The molecule has 136 valence electrons. The Labute approximate surface area is 157 Å². The Morgan fingerprint density at radius 2 is 1.83 bits per heavy atom. The molecule has 24 heavy (non-hydrogen) atoms. The first-order valence-electron chi connectivity index (χ1n) is 8.53. The fourth-order valence-electron chi connectivity index (χ4n) is 3.95. The van der Waals surface area contributed by atoms with Crippen molar-refractivity contribution < 1.29 is 4.79 Å². The van der Waals surface area contributed by atoms with E-state index in [9.17, 15) is 4.79 Å². The summed E-state index contributed by atoms with van der Waals surface area (Å²) < 4.78 is 0. The van der Waals surface area contributed by atoms with Gasteiger partial charge in [-0.1, -0.05) is 37.3 Å². The molecule has 0 aliphatic carbocycles. The minimum atomic E-state index is -0.196. The van der Waals surface area contributed by atoms with Gasteiger partial charge in [0, 0.05) is 37.6 Å². The molecule has 2 bridgehead atoms. The van der Waals surface area contributed by atoms with Crippen molar-refractivity contribution in [3.05, 3.63) is 35.9 Å². The number of fused-ring (bicyclic) bond motifs is 2. The number of benzene rings is 1. The van der Waals surface area contributed by atoms with Gasteiger partial charge in [-0.15, -0.1) is 24.8 Å². The lowest BCUT2D eigenvalue weighted by atomic mass is 10.0. The molecule has 6 heteroatoms. The van der Waals surface area contributed by atoms with Crippen molar-refractivity contribution in [2.24, 2.45) is 5.73 Å². The van der Waals surface area contributed by atoms with Crippen molar-refractivity contribution in [1.82, 2.24) is 9.80 Å². The topological polar surface area (TPSA) is 49.6 Å². The number of nitrogens with zero attached hydrogens (tertiary/aromatic N) is 2. The molecule has 2 saturated heterocycles. The van der Waals surface area contributed by atoms with Crippen LogP contribution in [0.25, 0.3) is 0 Å². The smallest absolute Gasteiger partial charge is 0.225 e. The molecule has 1 aromatic carbocycles. The third-order valence-electron chi connectivity index (χ3n) is 5.22. The average Bonchev–Trinajstić information content (AvgIpc) is 2.83. The number of nitrogens with two attached hydrogens (primary N) is 1. The number of likely N-dealkylation sites (tertiary alicyclic amines) is 1. The second-order valence-electron chi connectivity index (χ2n) is 6.59. The zero-order chi connectivity index (χ0) is 15.5. The highest BCUT2D eigenvalue weighted by molar-refractivity contribution is 5.85. The lowest BCUT2D eigenvalue weighted by molar-refractivity contribution is -0.134. The molecule has 3 rings (SSSR count). The maximum Gasteiger partial charge on any atom is 0.225 e. The molecule has 0 aromatic heterocycles. The molecule has 2 N–H and O–H groups in total. The summed E-state index contributed by atoms with van der Waals surface area (Å²) in [6.45, 7) is 5.43. The van der Waals surface area contributed by atoms with Crippen LogP contribution in [-0.2, 0) is 4.79 Å². The monoisotopic (exact) mass is 373 g/mol. The number of halogens is 2. The summed E-state index contributed by atoms with van der Waals surface area (Å²) in [6, 6.07) is 10.6. The zero-order valence-electron chi connectivity index (χ0n) is 14.3. The highest BCUT2D eigenvalue weighted by Crippen LogP contribution is 2.31. The number of rotatable bonds is 4. The Kier molecular flexibility index (Phi) is 8.51. The van der Waals surface area contributed by atoms with Crippen LogP contribution in [0.5, 0.6) is 0 Å². The van der Waals surface area contributed by atoms with E-state index in [0.29, 0.717) is 18.5 Å². The Bertz CT molecular complexity index is 514. The van der Waals surface area contributed by atoms with Crippen LogP contribution in [0.4, 0.5) is 0 Å². The molecule has 2 heterocycles. The Balaban J connectivity index is 0.00000144. The first kappa shape index (κ1) is 21.2. The van der Waals surface area contributed by atoms with Gasteiger partial charge in [0.05, 0.1) is 0 Å². The van der Waals surface area contributed by atoms with Crippen molar-refractivity contribution in [3.63, 3.8) is 0 Å². The Morgan fingerprint density at radius 1 is 1.17 bits per heavy atom. The standard InChI is InChI=1S/C18H27N3O.2ClH/c1-2-20-11-10-15-8-9-16(13-20)21(15)18(22)12-17(19)14-6-4-3-5-7-14;;/h3-7,15-17H,2,8-13,19H2,1H3;2*1H. The van der Waals surface area contributed by atoms with E-state index in [2.05, 4.69) is 16.7 Å². The summed E-state index contributed by atoms with van der Waals surface area (Å²) in [5.41, 5.74) is 7.30. The average molecular weight is 374 g/mol. The van der Waals surface area contributed by atoms with E-state index in [4.69, 9.17) is 5.73 Å². The molecule has 1 amide bonds. The zero-order valence-corrected chi connectivity index (χ0v) is 15.9. The molecule has 2 aliphatic rings. The van der Waals surface area contributed by atoms with Crippen molar-refractivity contribution in [3.8, 4) is 0 Å². The van der Waals surface area contributed by atoms with Crippen LogP contribution < -0.4 is 5.73 Å². The van der Waals surface area contributed by atoms with Gasteiger partial charge >= 0.3 is 0 Å². The van der Waals surface area contributed by atoms with Gasteiger partial charge in [-0.05, 0) is 31.4 Å². The first-order chi connectivity index (χ1) is 10.7. The van der Waals surface area contributed by atoms with Gasteiger partial charge < -0.3 is 15.5 Å². The van der Waals surface area contributed by atoms with E-state index in [1.807, 2.05) is 30.3 Å². The fourth-order valence-corrected chi connectivity index (χ4v) is 3.95. The van der Waals surface area contributed by atoms with Gasteiger partial charge in [-0.2, -0.15) is 0 Å². The van der Waals surface area contributed by atoms with Crippen molar-refractivity contribution in [2.45, 2.75) is 50.7 Å². The van der Waals surface area contributed by atoms with E-state index >= 15 is 0 Å². The number of carbonyl (C=O) groups is 1. The molecular weight excluding hydrogens is 345 g/mol. The van der Waals surface area contributed by atoms with Crippen molar-refractivity contribution >= 4 is 30.7 Å². The van der Waals surface area contributed by atoms with Crippen molar-refractivity contribution in [2.75, 3.05) is 19.6 Å². The van der Waals surface area contributed by atoms with Crippen LogP contribution in [0.3, 0.4) is 0 Å². The molecule has 4 nitrogen and oxygen atoms in total. The van der Waals surface area contributed by atoms with E-state index in [1.165, 1.54) is 0 Å². The molecule has 0 spiro atoms. The number of likely N-dealkylation sites (N-methyl/N-ethyl adjacent to an activating group) is 1. The minimum Gasteiger partial charge on any atom is -0.335 e. The number of amides is 1. The minimum absolute atomic E-state index is 0. The predicted octanol–water partition coefficient (Wildman–Crippen LogP) is 3.01. The molecule has 3 atom stereocenters. The Morgan fingerprint density at radius 3 is 2.50 bits per heavy atom. The van der Waals surface area contributed by atoms with E-state index in [0.717, 1.165) is 44.5 Å². The van der Waals surface area contributed by atoms with E-state index in [1.54, 1.807) is 0 Å². The summed E-state index contributed by atoms with van der Waals surface area (Å²) in [5.74, 6) is 0.238. The molecule has 2 fully saturated rings. The van der Waals surface area contributed by atoms with Crippen LogP contribution in [0, 0.1) is 0 Å². The highest BCUT2D eigenvalue weighted by atomic mass is 35.5. The number of carbonyl (C=O) groups excluding carboxylic acids is 1. The molecule has 1 aromatic rings. The summed E-state index contributed by atoms with van der Waals surface area (Å²) in [5, 5.41) is 0. The van der Waals surface area contributed by atoms with Gasteiger partial charge in [0.2, 0.25) is 5.91 Å². The van der Waals surface area contributed by atoms with Gasteiger partial charge in [0.1, 0.15) is 0 Å². The van der Waals surface area contributed by atoms with Gasteiger partial charge in [0.25, 0.3) is 0 Å². The van der Waals surface area contributed by atoms with Crippen molar-refractivity contribution in [1.29, 1.82) is 0 Å². The highest BCUT2D eigenvalue weighted by Gasteiger charge is 2.39. The summed E-state index contributed by atoms with van der Waals surface area (Å²) in [7, 11) is 0. The van der Waals surface area contributed by atoms with Gasteiger partial charge in [-0.25, -0.2) is 0 Å². The Hall–Kier alpha value is -0.810. The molecule has 3 unspecified atom stereocenters. The van der Waals surface area contributed by atoms with Gasteiger partial charge in [-0.3, -0.25) is 4.79 Å². The summed E-state index contributed by atoms with van der Waals surface area (Å²) in [4.78, 5) is 17.5. The van der Waals surface area contributed by atoms with Crippen LogP contribution in [0.2, 0.25) is 0 Å². The second-order valence-corrected chi connectivity index (χ2v) is 6.59. The molecule has 0 saturated carbocycles. The SMILES string of the molecule is CCN1CCC2CCC(C1)N2C(=O)CC(N)c1ccccc1.Cl.Cl. The molecule has 0 radical (unpaired) electrons. The predicted molar refractivity (Wildman–Crippen MR) is 103 cm³/mol. The third kappa shape index (κ3) is 4.63. The molecular formula is C18H29Cl2N3O. The lowest BCUT2D eigenvalue weighted by Crippen LogP contribution is -2.44. The van der Waals surface area contributed by atoms with Crippen LogP contribution >= 0.6 is 24.8 Å². The van der Waals surface area contributed by atoms with E-state index < -0.39 is 0 Å². The molecule has 2 aliphatic heterocycles. The largest absolute Gasteiger partial charge is 0.335 e. The summed E-state index contributed by atoms with van der Waals surface area (Å²) >= 11 is 0. The van der Waals surface area contributed by atoms with Crippen LogP contribution in [-0.4, -0.2) is 47.4 Å². The van der Waals surface area contributed by atoms with Gasteiger partial charge in [0.15, 0.2) is 0 Å². The fraction of sp³-hybridized carbons (Fsp3) is 0.611. The second kappa shape index (κ2) is 9.62. The quantitative estimate of drug-likeness (QED) is 0.882. The normalized spacial score (nSPS) is 24.5. The number of hydrogen-bond acceptors (Lipinski definition) is 3.